The van der Waals surface area contributed by atoms with Gasteiger partial charge in [-0.3, -0.25) is 4.79 Å². The third-order valence-electron chi connectivity index (χ3n) is 6.43. The zero-order valence-corrected chi connectivity index (χ0v) is 22.5. The molecular weight excluding hydrogens is 480 g/mol. The van der Waals surface area contributed by atoms with E-state index in [1.165, 1.54) is 0 Å². The van der Waals surface area contributed by atoms with Crippen LogP contribution < -0.4 is 11.1 Å². The highest BCUT2D eigenvalue weighted by molar-refractivity contribution is 5.92. The van der Waals surface area contributed by atoms with Gasteiger partial charge < -0.3 is 20.7 Å². The lowest BCUT2D eigenvalue weighted by Gasteiger charge is -2.16. The van der Waals surface area contributed by atoms with Crippen molar-refractivity contribution in [3.05, 3.63) is 71.3 Å². The van der Waals surface area contributed by atoms with Gasteiger partial charge in [0.05, 0.1) is 0 Å². The van der Waals surface area contributed by atoms with Crippen molar-refractivity contribution in [2.45, 2.75) is 58.7 Å². The largest absolute Gasteiger partial charge is 0.384 e. The summed E-state index contributed by atoms with van der Waals surface area (Å²) in [6, 6.07) is 16.4. The van der Waals surface area contributed by atoms with Gasteiger partial charge in [0.25, 0.3) is 5.91 Å². The fraction of sp³-hybridized carbons (Fsp3) is 0.393. The molecule has 0 saturated heterocycles. The molecule has 0 aliphatic heterocycles. The summed E-state index contributed by atoms with van der Waals surface area (Å²) in [5.74, 6) is 0.898. The van der Waals surface area contributed by atoms with Crippen LogP contribution >= 0.6 is 0 Å². The van der Waals surface area contributed by atoms with Gasteiger partial charge in [0, 0.05) is 25.1 Å². The van der Waals surface area contributed by atoms with E-state index in [0.717, 1.165) is 59.8 Å². The van der Waals surface area contributed by atoms with Crippen molar-refractivity contribution in [1.82, 2.24) is 35.1 Å². The molecule has 38 heavy (non-hydrogen) atoms. The Morgan fingerprint density at radius 2 is 1.68 bits per heavy atom. The number of amides is 1. The van der Waals surface area contributed by atoms with Crippen LogP contribution in [0.25, 0.3) is 22.5 Å². The Bertz CT molecular complexity index is 1370. The Morgan fingerprint density at radius 1 is 1.05 bits per heavy atom. The Morgan fingerprint density at radius 3 is 2.26 bits per heavy atom. The molecular formula is C28H36N8O2. The van der Waals surface area contributed by atoms with Crippen molar-refractivity contribution in [3.63, 3.8) is 0 Å². The smallest absolute Gasteiger partial charge is 0.267 e. The maximum atomic E-state index is 12.4. The van der Waals surface area contributed by atoms with Crippen LogP contribution in [0.15, 0.2) is 48.5 Å². The third kappa shape index (κ3) is 5.98. The summed E-state index contributed by atoms with van der Waals surface area (Å²) in [6.07, 6.45) is 2.48. The average molecular weight is 517 g/mol. The van der Waals surface area contributed by atoms with Crippen LogP contribution in [-0.2, 0) is 25.1 Å². The third-order valence-corrected chi connectivity index (χ3v) is 6.43. The molecule has 2 heterocycles. The molecule has 0 radical (unpaired) electrons. The van der Waals surface area contributed by atoms with E-state index < -0.39 is 11.5 Å². The monoisotopic (exact) mass is 516 g/mol. The predicted octanol–water partition coefficient (Wildman–Crippen LogP) is 3.14. The molecule has 2 aromatic heterocycles. The number of nitrogens with two attached hydrogens (primary N) is 1. The Kier molecular flexibility index (Phi) is 8.33. The highest BCUT2D eigenvalue weighted by atomic mass is 16.3. The molecule has 4 aromatic rings. The van der Waals surface area contributed by atoms with Gasteiger partial charge in [-0.2, -0.15) is 0 Å². The Balaban J connectivity index is 1.55. The van der Waals surface area contributed by atoms with Crippen molar-refractivity contribution < 1.29 is 9.90 Å². The Labute approximate surface area is 222 Å². The first-order valence-corrected chi connectivity index (χ1v) is 13.0. The van der Waals surface area contributed by atoms with Crippen LogP contribution in [0.2, 0.25) is 0 Å². The zero-order valence-electron chi connectivity index (χ0n) is 22.5. The molecule has 0 bridgehead atoms. The van der Waals surface area contributed by atoms with Crippen LogP contribution in [-0.4, -0.2) is 54.4 Å². The Hall–Kier alpha value is -3.89. The molecule has 0 fully saturated rings. The fourth-order valence-corrected chi connectivity index (χ4v) is 4.52. The second kappa shape index (κ2) is 11.7. The van der Waals surface area contributed by atoms with E-state index >= 15 is 0 Å². The molecule has 4 N–H and O–H groups in total. The second-order valence-electron chi connectivity index (χ2n) is 9.94. The van der Waals surface area contributed by atoms with Gasteiger partial charge in [-0.1, -0.05) is 55.5 Å². The molecule has 0 aliphatic rings. The minimum Gasteiger partial charge on any atom is -0.384 e. The first kappa shape index (κ1) is 27.2. The maximum absolute atomic E-state index is 12.4. The van der Waals surface area contributed by atoms with Gasteiger partial charge in [0.15, 0.2) is 5.82 Å². The van der Waals surface area contributed by atoms with Crippen LogP contribution in [0.4, 0.5) is 0 Å². The van der Waals surface area contributed by atoms with Gasteiger partial charge in [0.2, 0.25) is 0 Å². The number of aromatic nitrogens is 6. The number of tetrazole rings is 1. The molecule has 0 aliphatic carbocycles. The SMILES string of the molecule is CCCc1nc(C(C)(C)O)c(C(N)=O)n1Cc1ccc(-c2ccc(-c3nnnn3CCCNC)cc2)cc1. The number of nitrogens with one attached hydrogen (secondary N) is 1. The summed E-state index contributed by atoms with van der Waals surface area (Å²) in [4.78, 5) is 17.0. The van der Waals surface area contributed by atoms with Crippen molar-refractivity contribution in [2.75, 3.05) is 13.6 Å². The lowest BCUT2D eigenvalue weighted by atomic mass is 10.0. The van der Waals surface area contributed by atoms with E-state index in [9.17, 15) is 9.90 Å². The van der Waals surface area contributed by atoms with Gasteiger partial charge in [-0.15, -0.1) is 5.10 Å². The highest BCUT2D eigenvalue weighted by Crippen LogP contribution is 2.27. The van der Waals surface area contributed by atoms with Crippen molar-refractivity contribution in [3.8, 4) is 22.5 Å². The zero-order chi connectivity index (χ0) is 27.3. The van der Waals surface area contributed by atoms with E-state index in [2.05, 4.69) is 57.0 Å². The van der Waals surface area contributed by atoms with Gasteiger partial charge in [-0.05, 0) is 67.4 Å². The number of rotatable bonds is 12. The first-order valence-electron chi connectivity index (χ1n) is 13.0. The number of imidazole rings is 1. The summed E-state index contributed by atoms with van der Waals surface area (Å²) in [5, 5.41) is 25.9. The van der Waals surface area contributed by atoms with E-state index in [4.69, 9.17) is 5.73 Å². The fourth-order valence-electron chi connectivity index (χ4n) is 4.52. The molecule has 0 unspecified atom stereocenters. The van der Waals surface area contributed by atoms with E-state index in [-0.39, 0.29) is 5.69 Å². The maximum Gasteiger partial charge on any atom is 0.267 e. The lowest BCUT2D eigenvalue weighted by Crippen LogP contribution is -2.25. The molecule has 0 atom stereocenters. The molecule has 0 saturated carbocycles. The molecule has 1 amide bonds. The molecule has 0 spiro atoms. The minimum atomic E-state index is -1.27. The predicted molar refractivity (Wildman–Crippen MR) is 146 cm³/mol. The second-order valence-corrected chi connectivity index (χ2v) is 9.94. The number of carbonyl (C=O) groups excluding carboxylic acids is 1. The number of primary amides is 1. The quantitative estimate of drug-likeness (QED) is 0.246. The van der Waals surface area contributed by atoms with Crippen LogP contribution in [0.1, 0.15) is 61.2 Å². The van der Waals surface area contributed by atoms with E-state index in [1.807, 2.05) is 40.6 Å². The summed E-state index contributed by atoms with van der Waals surface area (Å²) >= 11 is 0. The summed E-state index contributed by atoms with van der Waals surface area (Å²) in [5.41, 5.74) is 9.15. The number of nitrogens with zero attached hydrogens (tertiary/aromatic N) is 6. The van der Waals surface area contributed by atoms with Gasteiger partial charge in [0.1, 0.15) is 22.8 Å². The van der Waals surface area contributed by atoms with Crippen molar-refractivity contribution in [2.24, 2.45) is 5.73 Å². The minimum absolute atomic E-state index is 0.258. The van der Waals surface area contributed by atoms with Gasteiger partial charge in [-0.25, -0.2) is 9.67 Å². The topological polar surface area (TPSA) is 137 Å². The number of aliphatic hydroxyl groups is 1. The summed E-state index contributed by atoms with van der Waals surface area (Å²) in [7, 11) is 1.93. The standard InChI is InChI=1S/C28H36N8O2/c1-5-7-23-31-25(28(2,3)38)24(26(29)37)35(23)18-19-8-10-20(11-9-19)21-12-14-22(15-13-21)27-32-33-34-36(27)17-6-16-30-4/h8-15,30,38H,5-7,16-18H2,1-4H3,(H2,29,37). The number of aryl methyl sites for hydroxylation is 2. The van der Waals surface area contributed by atoms with E-state index in [0.29, 0.717) is 18.7 Å². The van der Waals surface area contributed by atoms with Crippen LogP contribution in [0.5, 0.6) is 0 Å². The molecule has 200 valence electrons. The van der Waals surface area contributed by atoms with Crippen molar-refractivity contribution >= 4 is 5.91 Å². The molecule has 4 rings (SSSR count). The van der Waals surface area contributed by atoms with Crippen molar-refractivity contribution in [1.29, 1.82) is 0 Å². The molecule has 2 aromatic carbocycles. The number of carbonyl (C=O) groups is 1. The van der Waals surface area contributed by atoms with Gasteiger partial charge >= 0.3 is 0 Å². The molecule has 10 nitrogen and oxygen atoms in total. The molecule has 10 heteroatoms. The van der Waals surface area contributed by atoms with Crippen LogP contribution in [0.3, 0.4) is 0 Å². The normalized spacial score (nSPS) is 11.7. The lowest BCUT2D eigenvalue weighted by molar-refractivity contribution is 0.0711. The summed E-state index contributed by atoms with van der Waals surface area (Å²) in [6.45, 7) is 7.37. The summed E-state index contributed by atoms with van der Waals surface area (Å²) < 4.78 is 3.66. The average Bonchev–Trinajstić information content (AvgIpc) is 3.50. The number of benzene rings is 2. The van der Waals surface area contributed by atoms with E-state index in [1.54, 1.807) is 13.8 Å². The first-order chi connectivity index (χ1) is 18.2. The highest BCUT2D eigenvalue weighted by Gasteiger charge is 2.30. The number of hydrogen-bond acceptors (Lipinski definition) is 7. The van der Waals surface area contributed by atoms with Crippen LogP contribution in [0, 0.1) is 0 Å². The number of hydrogen-bond donors (Lipinski definition) is 3.